The van der Waals surface area contributed by atoms with Gasteiger partial charge in [-0.05, 0) is 36.7 Å². The second-order valence-electron chi connectivity index (χ2n) is 8.58. The average Bonchev–Trinajstić information content (AvgIpc) is 3.24. The number of carbonyl (C=O) groups is 2. The lowest BCUT2D eigenvalue weighted by Crippen LogP contribution is -2.41. The molecule has 0 aromatic heterocycles. The minimum atomic E-state index is -0.480. The number of aliphatic imine (C=N–C) groups is 1. The van der Waals surface area contributed by atoms with Crippen LogP contribution in [0.1, 0.15) is 51.1 Å². The summed E-state index contributed by atoms with van der Waals surface area (Å²) in [6.07, 6.45) is 2.93. The number of fused-ring (bicyclic) bond motifs is 1. The van der Waals surface area contributed by atoms with Crippen molar-refractivity contribution in [3.63, 3.8) is 0 Å². The first-order valence-electron chi connectivity index (χ1n) is 11.4. The van der Waals surface area contributed by atoms with Gasteiger partial charge in [0.25, 0.3) is 0 Å². The second-order valence-corrected chi connectivity index (χ2v) is 9.42. The maximum Gasteiger partial charge on any atom is 0.338 e. The van der Waals surface area contributed by atoms with Gasteiger partial charge in [0.15, 0.2) is 5.17 Å². The quantitative estimate of drug-likeness (QED) is 0.572. The summed E-state index contributed by atoms with van der Waals surface area (Å²) in [5.41, 5.74) is 2.87. The van der Waals surface area contributed by atoms with E-state index in [-0.39, 0.29) is 12.3 Å². The number of hydrogen-bond acceptors (Lipinski definition) is 7. The fourth-order valence-electron chi connectivity index (χ4n) is 4.62. The van der Waals surface area contributed by atoms with Crippen molar-refractivity contribution in [1.29, 1.82) is 0 Å². The molecule has 1 aromatic carbocycles. The number of ether oxygens (including phenoxy) is 2. The molecule has 3 heterocycles. The van der Waals surface area contributed by atoms with E-state index in [0.717, 1.165) is 42.4 Å². The van der Waals surface area contributed by atoms with Crippen LogP contribution in [0, 0.1) is 5.92 Å². The highest BCUT2D eigenvalue weighted by Crippen LogP contribution is 2.47. The van der Waals surface area contributed by atoms with Crippen LogP contribution in [-0.4, -0.2) is 54.2 Å². The van der Waals surface area contributed by atoms with E-state index in [0.29, 0.717) is 29.4 Å². The molecule has 8 heteroatoms. The van der Waals surface area contributed by atoms with Crippen LogP contribution in [0.25, 0.3) is 0 Å². The Bertz CT molecular complexity index is 1020. The average molecular weight is 470 g/mol. The lowest BCUT2D eigenvalue weighted by Gasteiger charge is -2.37. The van der Waals surface area contributed by atoms with Gasteiger partial charge in [0, 0.05) is 24.4 Å². The largest absolute Gasteiger partial charge is 0.496 e. The van der Waals surface area contributed by atoms with Crippen molar-refractivity contribution in [2.24, 2.45) is 10.9 Å². The molecule has 0 saturated carbocycles. The summed E-state index contributed by atoms with van der Waals surface area (Å²) >= 11 is 1.49. The van der Waals surface area contributed by atoms with Gasteiger partial charge in [-0.2, -0.15) is 0 Å². The number of esters is 1. The molecular weight excluding hydrogens is 438 g/mol. The number of likely N-dealkylation sites (tertiary alicyclic amines) is 1. The lowest BCUT2D eigenvalue weighted by atomic mass is 9.92. The van der Waals surface area contributed by atoms with Gasteiger partial charge in [-0.15, -0.1) is 0 Å². The molecule has 4 rings (SSSR count). The van der Waals surface area contributed by atoms with Gasteiger partial charge < -0.3 is 19.3 Å². The molecule has 0 N–H and O–H groups in total. The fraction of sp³-hybridized carbons (Fsp3) is 0.480. The van der Waals surface area contributed by atoms with Crippen LogP contribution in [0.4, 0.5) is 0 Å². The molecule has 7 nitrogen and oxygen atoms in total. The zero-order valence-electron chi connectivity index (χ0n) is 19.7. The van der Waals surface area contributed by atoms with Crippen LogP contribution in [0.5, 0.6) is 5.75 Å². The van der Waals surface area contributed by atoms with E-state index in [1.54, 1.807) is 7.11 Å². The summed E-state index contributed by atoms with van der Waals surface area (Å²) in [7, 11) is 3.01. The minimum Gasteiger partial charge on any atom is -0.496 e. The standard InChI is InChI=1S/C25H31N3O4S/c1-5-19-22(24(30)32-4)23(18-8-6-7-9-20(18)31-3)28-17(15-33-25(28)26-19)14-21(29)27-12-10-16(2)11-13-27/h6-9,15-16,23H,5,10-14H2,1-4H3/t23-/m0/s1. The normalized spacial score (nSPS) is 20.9. The summed E-state index contributed by atoms with van der Waals surface area (Å²) < 4.78 is 10.8. The SMILES string of the molecule is CCC1=C(C(=O)OC)[C@H](c2ccccc2OC)N2C(CC(=O)N3CCC(C)CC3)=CSC2=N1. The molecule has 1 amide bonds. The molecule has 0 radical (unpaired) electrons. The Balaban J connectivity index is 1.72. The molecule has 1 atom stereocenters. The Kier molecular flexibility index (Phi) is 7.12. The number of methoxy groups -OCH3 is 2. The van der Waals surface area contributed by atoms with Crippen LogP contribution in [0.3, 0.4) is 0 Å². The van der Waals surface area contributed by atoms with Crippen molar-refractivity contribution in [2.75, 3.05) is 27.3 Å². The highest BCUT2D eigenvalue weighted by molar-refractivity contribution is 8.16. The number of allylic oxidation sites excluding steroid dienone is 1. The highest BCUT2D eigenvalue weighted by atomic mass is 32.2. The van der Waals surface area contributed by atoms with Gasteiger partial charge in [0.2, 0.25) is 5.91 Å². The molecule has 1 aromatic rings. The summed E-state index contributed by atoms with van der Waals surface area (Å²) in [6, 6.07) is 7.19. The summed E-state index contributed by atoms with van der Waals surface area (Å²) in [5, 5.41) is 2.75. The highest BCUT2D eigenvalue weighted by Gasteiger charge is 2.42. The smallest absolute Gasteiger partial charge is 0.338 e. The number of rotatable bonds is 6. The van der Waals surface area contributed by atoms with Crippen LogP contribution >= 0.6 is 11.8 Å². The molecule has 3 aliphatic rings. The van der Waals surface area contributed by atoms with E-state index >= 15 is 0 Å². The van der Waals surface area contributed by atoms with Crippen molar-refractivity contribution in [2.45, 2.75) is 45.6 Å². The first kappa shape index (κ1) is 23.4. The molecule has 0 spiro atoms. The maximum absolute atomic E-state index is 13.2. The number of piperidine rings is 1. The predicted molar refractivity (Wildman–Crippen MR) is 130 cm³/mol. The van der Waals surface area contributed by atoms with E-state index < -0.39 is 12.0 Å². The maximum atomic E-state index is 13.2. The number of nitrogens with zero attached hydrogens (tertiary/aromatic N) is 3. The van der Waals surface area contributed by atoms with E-state index in [4.69, 9.17) is 14.5 Å². The lowest BCUT2D eigenvalue weighted by molar-refractivity contribution is -0.136. The van der Waals surface area contributed by atoms with E-state index in [1.165, 1.54) is 18.9 Å². The molecule has 1 fully saturated rings. The second kappa shape index (κ2) is 10.0. The van der Waals surface area contributed by atoms with Crippen molar-refractivity contribution in [3.8, 4) is 5.75 Å². The molecular formula is C25H31N3O4S. The number of para-hydroxylation sites is 1. The molecule has 176 valence electrons. The number of carbonyl (C=O) groups excluding carboxylic acids is 2. The topological polar surface area (TPSA) is 71.4 Å². The van der Waals surface area contributed by atoms with Crippen molar-refractivity contribution in [3.05, 3.63) is 52.2 Å². The van der Waals surface area contributed by atoms with E-state index in [1.807, 2.05) is 46.4 Å². The summed E-state index contributed by atoms with van der Waals surface area (Å²) in [6.45, 7) is 5.81. The van der Waals surface area contributed by atoms with Crippen LogP contribution in [0.15, 0.2) is 51.6 Å². The van der Waals surface area contributed by atoms with Crippen molar-refractivity contribution < 1.29 is 19.1 Å². The number of thioether (sulfide) groups is 1. The Labute approximate surface area is 199 Å². The van der Waals surface area contributed by atoms with Gasteiger partial charge in [-0.3, -0.25) is 4.79 Å². The van der Waals surface area contributed by atoms with E-state index in [9.17, 15) is 9.59 Å². The molecule has 33 heavy (non-hydrogen) atoms. The first-order chi connectivity index (χ1) is 16.0. The number of amidine groups is 1. The monoisotopic (exact) mass is 469 g/mol. The molecule has 0 unspecified atom stereocenters. The third-order valence-corrected chi connectivity index (χ3v) is 7.42. The van der Waals surface area contributed by atoms with Crippen LogP contribution in [-0.2, 0) is 14.3 Å². The van der Waals surface area contributed by atoms with Crippen LogP contribution in [0.2, 0.25) is 0 Å². The van der Waals surface area contributed by atoms with Gasteiger partial charge in [-0.1, -0.05) is 43.8 Å². The molecule has 3 aliphatic heterocycles. The van der Waals surface area contributed by atoms with Gasteiger partial charge in [0.1, 0.15) is 5.75 Å². The number of benzene rings is 1. The Hall–Kier alpha value is -2.74. The van der Waals surface area contributed by atoms with Gasteiger partial charge in [-0.25, -0.2) is 9.79 Å². The third kappa shape index (κ3) is 4.53. The van der Waals surface area contributed by atoms with Gasteiger partial charge >= 0.3 is 5.97 Å². The van der Waals surface area contributed by atoms with E-state index in [2.05, 4.69) is 6.92 Å². The number of hydrogen-bond donors (Lipinski definition) is 0. The molecule has 1 saturated heterocycles. The molecule has 0 aliphatic carbocycles. The zero-order valence-corrected chi connectivity index (χ0v) is 20.5. The predicted octanol–water partition coefficient (Wildman–Crippen LogP) is 4.48. The zero-order chi connectivity index (χ0) is 23.5. The first-order valence-corrected chi connectivity index (χ1v) is 12.3. The number of amides is 1. The summed E-state index contributed by atoms with van der Waals surface area (Å²) in [5.74, 6) is 1.02. The Morgan fingerprint density at radius 3 is 2.58 bits per heavy atom. The third-order valence-electron chi connectivity index (χ3n) is 6.53. The van der Waals surface area contributed by atoms with Crippen molar-refractivity contribution >= 4 is 28.8 Å². The van der Waals surface area contributed by atoms with Crippen molar-refractivity contribution in [1.82, 2.24) is 9.80 Å². The van der Waals surface area contributed by atoms with Crippen LogP contribution < -0.4 is 4.74 Å². The minimum absolute atomic E-state index is 0.110. The molecule has 0 bridgehead atoms. The Morgan fingerprint density at radius 2 is 1.91 bits per heavy atom. The fourth-order valence-corrected chi connectivity index (χ4v) is 5.56. The van der Waals surface area contributed by atoms with Gasteiger partial charge in [0.05, 0.1) is 38.0 Å². The summed E-state index contributed by atoms with van der Waals surface area (Å²) in [4.78, 5) is 34.9. The Morgan fingerprint density at radius 1 is 1.18 bits per heavy atom.